The molecular formula is C13H24N2O2. The first-order chi connectivity index (χ1) is 7.80. The summed E-state index contributed by atoms with van der Waals surface area (Å²) in [6.45, 7) is 10.1. The molecule has 0 aromatic heterocycles. The molecule has 4 nitrogen and oxygen atoms in total. The maximum absolute atomic E-state index is 12.1. The van der Waals surface area contributed by atoms with Crippen molar-refractivity contribution in [3.63, 3.8) is 0 Å². The van der Waals surface area contributed by atoms with Gasteiger partial charge in [-0.1, -0.05) is 27.7 Å². The Morgan fingerprint density at radius 3 is 2.71 bits per heavy atom. The second-order valence-electron chi connectivity index (χ2n) is 5.99. The van der Waals surface area contributed by atoms with Crippen LogP contribution in [0.1, 0.15) is 40.5 Å². The summed E-state index contributed by atoms with van der Waals surface area (Å²) < 4.78 is 0. The average Bonchev–Trinajstić information content (AvgIpc) is 2.41. The number of nitrogens with one attached hydrogen (secondary N) is 1. The lowest BCUT2D eigenvalue weighted by atomic mass is 9.80. The summed E-state index contributed by atoms with van der Waals surface area (Å²) >= 11 is 0. The quantitative estimate of drug-likeness (QED) is 0.793. The Balaban J connectivity index is 2.54. The fourth-order valence-electron chi connectivity index (χ4n) is 1.72. The van der Waals surface area contributed by atoms with Crippen molar-refractivity contribution in [3.8, 4) is 0 Å². The molecule has 1 rings (SSSR count). The Hall–Kier alpha value is -1.06. The van der Waals surface area contributed by atoms with Crippen LogP contribution in [0.4, 0.5) is 0 Å². The van der Waals surface area contributed by atoms with Gasteiger partial charge >= 0.3 is 0 Å². The Kier molecular flexibility index (Phi) is 4.54. The summed E-state index contributed by atoms with van der Waals surface area (Å²) in [6.07, 6.45) is 1.37. The number of carbonyl (C=O) groups is 2. The highest BCUT2D eigenvalue weighted by molar-refractivity contribution is 5.85. The maximum Gasteiger partial charge on any atom is 0.239 e. The van der Waals surface area contributed by atoms with Gasteiger partial charge in [-0.25, -0.2) is 0 Å². The zero-order chi connectivity index (χ0) is 13.1. The van der Waals surface area contributed by atoms with Gasteiger partial charge in [-0.3, -0.25) is 9.59 Å². The third kappa shape index (κ3) is 4.36. The van der Waals surface area contributed by atoms with Crippen LogP contribution in [0, 0.1) is 11.3 Å². The van der Waals surface area contributed by atoms with E-state index in [2.05, 4.69) is 33.0 Å². The fraction of sp³-hybridized carbons (Fsp3) is 0.846. The second-order valence-corrected chi connectivity index (χ2v) is 5.99. The summed E-state index contributed by atoms with van der Waals surface area (Å²) in [5.74, 6) is 0.380. The lowest BCUT2D eigenvalue weighted by Gasteiger charge is -2.29. The molecule has 2 amide bonds. The van der Waals surface area contributed by atoms with E-state index in [1.54, 1.807) is 4.90 Å². The van der Waals surface area contributed by atoms with Crippen LogP contribution >= 0.6 is 0 Å². The zero-order valence-corrected chi connectivity index (χ0v) is 11.4. The highest BCUT2D eigenvalue weighted by Gasteiger charge is 2.26. The van der Waals surface area contributed by atoms with Crippen LogP contribution in [0.25, 0.3) is 0 Å². The number of nitrogens with zero attached hydrogens (tertiary/aromatic N) is 1. The number of hydrogen-bond acceptors (Lipinski definition) is 2. The molecule has 1 N–H and O–H groups in total. The maximum atomic E-state index is 12.1. The van der Waals surface area contributed by atoms with Crippen LogP contribution in [-0.2, 0) is 9.59 Å². The summed E-state index contributed by atoms with van der Waals surface area (Å²) in [7, 11) is 0. The van der Waals surface area contributed by atoms with Gasteiger partial charge in [-0.05, 0) is 17.8 Å². The van der Waals surface area contributed by atoms with Crippen molar-refractivity contribution in [1.82, 2.24) is 10.2 Å². The number of hydrogen-bond donors (Lipinski definition) is 1. The van der Waals surface area contributed by atoms with Crippen LogP contribution in [0.5, 0.6) is 0 Å². The van der Waals surface area contributed by atoms with Crippen molar-refractivity contribution in [3.05, 3.63) is 0 Å². The van der Waals surface area contributed by atoms with Crippen LogP contribution in [0.15, 0.2) is 0 Å². The van der Waals surface area contributed by atoms with Gasteiger partial charge in [0, 0.05) is 19.5 Å². The summed E-state index contributed by atoms with van der Waals surface area (Å²) in [5.41, 5.74) is 0.129. The van der Waals surface area contributed by atoms with Crippen molar-refractivity contribution < 1.29 is 9.59 Å². The van der Waals surface area contributed by atoms with Gasteiger partial charge in [0.1, 0.15) is 0 Å². The molecule has 0 bridgehead atoms. The third-order valence-corrected chi connectivity index (χ3v) is 3.57. The third-order valence-electron chi connectivity index (χ3n) is 3.57. The first-order valence-electron chi connectivity index (χ1n) is 6.35. The van der Waals surface area contributed by atoms with E-state index in [-0.39, 0.29) is 23.8 Å². The summed E-state index contributed by atoms with van der Waals surface area (Å²) in [4.78, 5) is 25.2. The predicted molar refractivity (Wildman–Crippen MR) is 67.4 cm³/mol. The SMILES string of the molecule is CC(CC(=O)N1CCCNC(=O)C1)C(C)(C)C. The molecule has 4 heteroatoms. The molecule has 0 aromatic carbocycles. The van der Waals surface area contributed by atoms with E-state index in [4.69, 9.17) is 0 Å². The smallest absolute Gasteiger partial charge is 0.239 e. The number of rotatable bonds is 2. The molecule has 1 saturated heterocycles. The second kappa shape index (κ2) is 5.52. The van der Waals surface area contributed by atoms with E-state index in [1.165, 1.54) is 0 Å². The lowest BCUT2D eigenvalue weighted by Crippen LogP contribution is -2.38. The van der Waals surface area contributed by atoms with Crippen molar-refractivity contribution in [1.29, 1.82) is 0 Å². The van der Waals surface area contributed by atoms with Gasteiger partial charge in [0.25, 0.3) is 0 Å². The minimum atomic E-state index is -0.0424. The van der Waals surface area contributed by atoms with E-state index in [0.717, 1.165) is 6.42 Å². The van der Waals surface area contributed by atoms with Gasteiger partial charge in [0.05, 0.1) is 6.54 Å². The number of amides is 2. The van der Waals surface area contributed by atoms with Crippen LogP contribution in [0.2, 0.25) is 0 Å². The Morgan fingerprint density at radius 1 is 1.47 bits per heavy atom. The Labute approximate surface area is 104 Å². The fourth-order valence-corrected chi connectivity index (χ4v) is 1.72. The van der Waals surface area contributed by atoms with Gasteiger partial charge in [0.15, 0.2) is 0 Å². The Morgan fingerprint density at radius 2 is 2.12 bits per heavy atom. The molecule has 98 valence electrons. The molecule has 1 fully saturated rings. The molecule has 0 spiro atoms. The molecule has 0 radical (unpaired) electrons. The van der Waals surface area contributed by atoms with Crippen LogP contribution < -0.4 is 5.32 Å². The molecule has 1 unspecified atom stereocenters. The molecular weight excluding hydrogens is 216 g/mol. The first-order valence-corrected chi connectivity index (χ1v) is 6.35. The number of carbonyl (C=O) groups excluding carboxylic acids is 2. The minimum Gasteiger partial charge on any atom is -0.354 e. The van der Waals surface area contributed by atoms with Crippen LogP contribution in [-0.4, -0.2) is 36.3 Å². The van der Waals surface area contributed by atoms with Gasteiger partial charge in [-0.2, -0.15) is 0 Å². The standard InChI is InChI=1S/C13H24N2O2/c1-10(13(2,3)4)8-12(17)15-7-5-6-14-11(16)9-15/h10H,5-9H2,1-4H3,(H,14,16). The predicted octanol–water partition coefficient (Wildman–Crippen LogP) is 1.41. The largest absolute Gasteiger partial charge is 0.354 e. The molecule has 0 aliphatic carbocycles. The monoisotopic (exact) mass is 240 g/mol. The molecule has 0 saturated carbocycles. The highest BCUT2D eigenvalue weighted by Crippen LogP contribution is 2.28. The van der Waals surface area contributed by atoms with Gasteiger partial charge < -0.3 is 10.2 Å². The molecule has 1 aliphatic rings. The van der Waals surface area contributed by atoms with E-state index in [0.29, 0.717) is 25.4 Å². The molecule has 1 atom stereocenters. The average molecular weight is 240 g/mol. The molecule has 0 aromatic rings. The van der Waals surface area contributed by atoms with E-state index < -0.39 is 0 Å². The molecule has 1 aliphatic heterocycles. The molecule has 17 heavy (non-hydrogen) atoms. The van der Waals surface area contributed by atoms with Gasteiger partial charge in [-0.15, -0.1) is 0 Å². The van der Waals surface area contributed by atoms with E-state index in [9.17, 15) is 9.59 Å². The van der Waals surface area contributed by atoms with Crippen molar-refractivity contribution >= 4 is 11.8 Å². The zero-order valence-electron chi connectivity index (χ0n) is 11.4. The summed E-state index contributed by atoms with van der Waals surface area (Å²) in [5, 5.41) is 2.78. The summed E-state index contributed by atoms with van der Waals surface area (Å²) in [6, 6.07) is 0. The topological polar surface area (TPSA) is 49.4 Å². The first kappa shape index (κ1) is 14.0. The van der Waals surface area contributed by atoms with E-state index in [1.807, 2.05) is 0 Å². The normalized spacial score (nSPS) is 19.5. The highest BCUT2D eigenvalue weighted by atomic mass is 16.2. The lowest BCUT2D eigenvalue weighted by molar-refractivity contribution is -0.136. The minimum absolute atomic E-state index is 0.0424. The van der Waals surface area contributed by atoms with Crippen molar-refractivity contribution in [2.45, 2.75) is 40.5 Å². The van der Waals surface area contributed by atoms with E-state index >= 15 is 0 Å². The molecule has 1 heterocycles. The van der Waals surface area contributed by atoms with Crippen molar-refractivity contribution in [2.75, 3.05) is 19.6 Å². The Bertz CT molecular complexity index is 294. The van der Waals surface area contributed by atoms with Crippen LogP contribution in [0.3, 0.4) is 0 Å². The van der Waals surface area contributed by atoms with Gasteiger partial charge in [0.2, 0.25) is 11.8 Å². The van der Waals surface area contributed by atoms with Crippen molar-refractivity contribution in [2.24, 2.45) is 11.3 Å².